The van der Waals surface area contributed by atoms with Crippen LogP contribution in [0, 0.1) is 24.2 Å². The van der Waals surface area contributed by atoms with Gasteiger partial charge < -0.3 is 4.74 Å². The Morgan fingerprint density at radius 3 is 2.67 bits per heavy atom. The SMILES string of the molecule is COc1cccc(C2=NN(c3ccc(C#N)c(C)n3)C(C3CCCC3)C2)n1. The van der Waals surface area contributed by atoms with Crippen molar-refractivity contribution in [2.24, 2.45) is 11.0 Å². The van der Waals surface area contributed by atoms with Crippen LogP contribution in [0.1, 0.15) is 49.1 Å². The van der Waals surface area contributed by atoms with Crippen molar-refractivity contribution in [3.05, 3.63) is 47.3 Å². The van der Waals surface area contributed by atoms with Crippen molar-refractivity contribution < 1.29 is 4.74 Å². The molecule has 1 saturated carbocycles. The van der Waals surface area contributed by atoms with Crippen molar-refractivity contribution in [1.82, 2.24) is 9.97 Å². The summed E-state index contributed by atoms with van der Waals surface area (Å²) in [7, 11) is 1.62. The minimum Gasteiger partial charge on any atom is -0.481 e. The van der Waals surface area contributed by atoms with E-state index in [0.29, 0.717) is 17.4 Å². The summed E-state index contributed by atoms with van der Waals surface area (Å²) < 4.78 is 5.27. The van der Waals surface area contributed by atoms with Gasteiger partial charge in [0.25, 0.3) is 0 Å². The summed E-state index contributed by atoms with van der Waals surface area (Å²) in [5.41, 5.74) is 3.16. The Balaban J connectivity index is 1.71. The zero-order valence-electron chi connectivity index (χ0n) is 15.7. The second-order valence-corrected chi connectivity index (χ2v) is 7.19. The smallest absolute Gasteiger partial charge is 0.213 e. The molecule has 1 unspecified atom stereocenters. The van der Waals surface area contributed by atoms with Crippen molar-refractivity contribution >= 4 is 11.5 Å². The van der Waals surface area contributed by atoms with Crippen LogP contribution in [0.25, 0.3) is 0 Å². The van der Waals surface area contributed by atoms with Gasteiger partial charge in [0, 0.05) is 12.5 Å². The van der Waals surface area contributed by atoms with Gasteiger partial charge in [0.05, 0.1) is 35.8 Å². The lowest BCUT2D eigenvalue weighted by atomic mass is 9.93. The van der Waals surface area contributed by atoms with Crippen LogP contribution in [0.4, 0.5) is 5.82 Å². The van der Waals surface area contributed by atoms with E-state index in [1.807, 2.05) is 37.3 Å². The molecule has 0 aromatic carbocycles. The van der Waals surface area contributed by atoms with Crippen LogP contribution in [-0.4, -0.2) is 28.8 Å². The van der Waals surface area contributed by atoms with E-state index in [-0.39, 0.29) is 6.04 Å². The third kappa shape index (κ3) is 3.37. The first-order chi connectivity index (χ1) is 13.2. The third-order valence-corrected chi connectivity index (χ3v) is 5.54. The van der Waals surface area contributed by atoms with Gasteiger partial charge in [-0.2, -0.15) is 10.4 Å². The molecule has 1 atom stereocenters. The molecule has 0 bridgehead atoms. The number of methoxy groups -OCH3 is 1. The van der Waals surface area contributed by atoms with Crippen LogP contribution >= 0.6 is 0 Å². The van der Waals surface area contributed by atoms with Gasteiger partial charge in [0.1, 0.15) is 11.9 Å². The normalized spacial score (nSPS) is 19.8. The topological polar surface area (TPSA) is 74.4 Å². The fourth-order valence-electron chi connectivity index (χ4n) is 4.10. The van der Waals surface area contributed by atoms with Crippen molar-refractivity contribution in [2.45, 2.75) is 45.1 Å². The molecular weight excluding hydrogens is 338 g/mol. The van der Waals surface area contributed by atoms with Crippen LogP contribution in [-0.2, 0) is 0 Å². The molecule has 2 aliphatic rings. The zero-order valence-corrected chi connectivity index (χ0v) is 15.7. The van der Waals surface area contributed by atoms with Crippen LogP contribution < -0.4 is 9.75 Å². The molecule has 0 radical (unpaired) electrons. The summed E-state index contributed by atoms with van der Waals surface area (Å²) in [5, 5.41) is 16.2. The minimum atomic E-state index is 0.287. The largest absolute Gasteiger partial charge is 0.481 e. The van der Waals surface area contributed by atoms with Gasteiger partial charge in [0.15, 0.2) is 0 Å². The highest BCUT2D eigenvalue weighted by Gasteiger charge is 2.37. The Morgan fingerprint density at radius 1 is 1.15 bits per heavy atom. The average molecular weight is 361 g/mol. The first-order valence-electron chi connectivity index (χ1n) is 9.45. The number of rotatable bonds is 4. The van der Waals surface area contributed by atoms with Gasteiger partial charge in [-0.3, -0.25) is 0 Å². The van der Waals surface area contributed by atoms with Crippen LogP contribution in [0.15, 0.2) is 35.4 Å². The Bertz CT molecular complexity index is 911. The number of ether oxygens (including phenoxy) is 1. The van der Waals surface area contributed by atoms with E-state index in [1.54, 1.807) is 7.11 Å². The number of aryl methyl sites for hydroxylation is 1. The molecule has 0 amide bonds. The highest BCUT2D eigenvalue weighted by molar-refractivity contribution is 6.01. The van der Waals surface area contributed by atoms with Gasteiger partial charge in [-0.15, -0.1) is 0 Å². The number of nitriles is 1. The summed E-state index contributed by atoms with van der Waals surface area (Å²) in [4.78, 5) is 9.22. The maximum Gasteiger partial charge on any atom is 0.213 e. The molecule has 1 aliphatic heterocycles. The Labute approximate surface area is 159 Å². The fraction of sp³-hybridized carbons (Fsp3) is 0.429. The van der Waals surface area contributed by atoms with Gasteiger partial charge in [-0.1, -0.05) is 18.9 Å². The lowest BCUT2D eigenvalue weighted by molar-refractivity contribution is 0.397. The van der Waals surface area contributed by atoms with Gasteiger partial charge >= 0.3 is 0 Å². The molecule has 2 aromatic rings. The van der Waals surface area contributed by atoms with E-state index in [2.05, 4.69) is 21.0 Å². The molecule has 6 heteroatoms. The van der Waals surface area contributed by atoms with E-state index < -0.39 is 0 Å². The molecule has 2 aromatic heterocycles. The number of nitrogens with zero attached hydrogens (tertiary/aromatic N) is 5. The van der Waals surface area contributed by atoms with Gasteiger partial charge in [-0.25, -0.2) is 15.0 Å². The van der Waals surface area contributed by atoms with Crippen LogP contribution in [0.5, 0.6) is 5.88 Å². The van der Waals surface area contributed by atoms with E-state index >= 15 is 0 Å². The molecule has 138 valence electrons. The molecule has 6 nitrogen and oxygen atoms in total. The van der Waals surface area contributed by atoms with Gasteiger partial charge in [-0.05, 0) is 43.9 Å². The number of pyridine rings is 2. The van der Waals surface area contributed by atoms with Crippen LogP contribution in [0.3, 0.4) is 0 Å². The molecule has 0 saturated heterocycles. The molecule has 3 heterocycles. The Morgan fingerprint density at radius 2 is 1.96 bits per heavy atom. The Kier molecular flexibility index (Phi) is 4.76. The summed E-state index contributed by atoms with van der Waals surface area (Å²) in [6, 6.07) is 12.0. The predicted molar refractivity (Wildman–Crippen MR) is 104 cm³/mol. The standard InChI is InChI=1S/C21H23N5O/c1-14-16(13-22)10-11-20(23-14)26-19(15-6-3-4-7-15)12-18(25-26)17-8-5-9-21(24-17)27-2/h5,8-11,15,19H,3-4,6-7,12H2,1-2H3. The fourth-order valence-corrected chi connectivity index (χ4v) is 4.10. The average Bonchev–Trinajstić information content (AvgIpc) is 3.37. The molecule has 27 heavy (non-hydrogen) atoms. The zero-order chi connectivity index (χ0) is 18.8. The second-order valence-electron chi connectivity index (χ2n) is 7.19. The molecule has 0 N–H and O–H groups in total. The number of aromatic nitrogens is 2. The highest BCUT2D eigenvalue weighted by Crippen LogP contribution is 2.37. The quantitative estimate of drug-likeness (QED) is 0.827. The summed E-state index contributed by atoms with van der Waals surface area (Å²) in [6.45, 7) is 1.87. The molecule has 1 aliphatic carbocycles. The summed E-state index contributed by atoms with van der Waals surface area (Å²) in [5.74, 6) is 2.01. The lowest BCUT2D eigenvalue weighted by Gasteiger charge is -2.27. The molecule has 0 spiro atoms. The first kappa shape index (κ1) is 17.5. The second kappa shape index (κ2) is 7.36. The minimum absolute atomic E-state index is 0.287. The maximum absolute atomic E-state index is 9.19. The highest BCUT2D eigenvalue weighted by atomic mass is 16.5. The number of hydrogen-bond acceptors (Lipinski definition) is 6. The molecule has 4 rings (SSSR count). The number of hydrogen-bond donors (Lipinski definition) is 0. The van der Waals surface area contributed by atoms with Crippen molar-refractivity contribution in [3.63, 3.8) is 0 Å². The molecular formula is C21H23N5O. The van der Waals surface area contributed by atoms with E-state index in [9.17, 15) is 5.26 Å². The van der Waals surface area contributed by atoms with Gasteiger partial charge in [0.2, 0.25) is 5.88 Å². The number of hydrazone groups is 1. The van der Waals surface area contributed by atoms with Crippen molar-refractivity contribution in [3.8, 4) is 11.9 Å². The van der Waals surface area contributed by atoms with Crippen LogP contribution in [0.2, 0.25) is 0 Å². The number of anilines is 1. The molecule has 1 fully saturated rings. The van der Waals surface area contributed by atoms with Crippen molar-refractivity contribution in [2.75, 3.05) is 12.1 Å². The summed E-state index contributed by atoms with van der Waals surface area (Å²) in [6.07, 6.45) is 5.87. The van der Waals surface area contributed by atoms with E-state index in [1.165, 1.54) is 25.7 Å². The first-order valence-corrected chi connectivity index (χ1v) is 9.45. The third-order valence-electron chi connectivity index (χ3n) is 5.54. The Hall–Kier alpha value is -2.94. The van der Waals surface area contributed by atoms with E-state index in [4.69, 9.17) is 9.84 Å². The van der Waals surface area contributed by atoms with Crippen molar-refractivity contribution in [1.29, 1.82) is 5.26 Å². The summed E-state index contributed by atoms with van der Waals surface area (Å²) >= 11 is 0. The maximum atomic E-state index is 9.19. The lowest BCUT2D eigenvalue weighted by Crippen LogP contribution is -2.33. The predicted octanol–water partition coefficient (Wildman–Crippen LogP) is 3.84. The van der Waals surface area contributed by atoms with E-state index in [0.717, 1.165) is 29.3 Å². The monoisotopic (exact) mass is 361 g/mol.